The number of alkyl halides is 3. The molecule has 0 fully saturated rings. The third-order valence-corrected chi connectivity index (χ3v) is 3.68. The van der Waals surface area contributed by atoms with E-state index in [1.54, 1.807) is 32.3 Å². The first-order valence-corrected chi connectivity index (χ1v) is 8.49. The number of guanidine groups is 1. The third-order valence-electron chi connectivity index (χ3n) is 3.68. The first kappa shape index (κ1) is 20.6. The van der Waals surface area contributed by atoms with Crippen molar-refractivity contribution in [3.05, 3.63) is 47.3 Å². The van der Waals surface area contributed by atoms with Crippen molar-refractivity contribution in [3.63, 3.8) is 0 Å². The Morgan fingerprint density at radius 3 is 2.63 bits per heavy atom. The van der Waals surface area contributed by atoms with E-state index in [9.17, 15) is 13.2 Å². The summed E-state index contributed by atoms with van der Waals surface area (Å²) in [5.74, 6) is 0.753. The SMILES string of the molecule is CN=C(NCCn1cc(C)cn1)NCc1ccc(C)cc1OCC(F)(F)F. The number of ether oxygens (including phenoxy) is 1. The molecule has 0 radical (unpaired) electrons. The van der Waals surface area contributed by atoms with Gasteiger partial charge in [-0.15, -0.1) is 0 Å². The van der Waals surface area contributed by atoms with E-state index in [0.29, 0.717) is 24.6 Å². The van der Waals surface area contributed by atoms with E-state index in [0.717, 1.165) is 11.1 Å². The summed E-state index contributed by atoms with van der Waals surface area (Å²) in [5.41, 5.74) is 2.53. The maximum absolute atomic E-state index is 12.4. The highest BCUT2D eigenvalue weighted by molar-refractivity contribution is 5.79. The van der Waals surface area contributed by atoms with Gasteiger partial charge in [0.05, 0.1) is 12.7 Å². The van der Waals surface area contributed by atoms with Gasteiger partial charge in [-0.05, 0) is 31.0 Å². The molecule has 0 spiro atoms. The molecule has 1 heterocycles. The molecule has 0 saturated heterocycles. The number of nitrogens with zero attached hydrogens (tertiary/aromatic N) is 3. The summed E-state index contributed by atoms with van der Waals surface area (Å²) in [7, 11) is 1.63. The molecule has 0 bridgehead atoms. The Kier molecular flexibility index (Phi) is 7.09. The molecule has 27 heavy (non-hydrogen) atoms. The van der Waals surface area contributed by atoms with Crippen molar-refractivity contribution in [2.24, 2.45) is 4.99 Å². The number of aryl methyl sites for hydroxylation is 2. The summed E-state index contributed by atoms with van der Waals surface area (Å²) < 4.78 is 44.1. The highest BCUT2D eigenvalue weighted by Crippen LogP contribution is 2.23. The molecule has 148 valence electrons. The van der Waals surface area contributed by atoms with E-state index in [1.165, 1.54) is 0 Å². The second-order valence-electron chi connectivity index (χ2n) is 6.15. The van der Waals surface area contributed by atoms with Crippen LogP contribution in [0.15, 0.2) is 35.6 Å². The van der Waals surface area contributed by atoms with E-state index in [1.807, 2.05) is 23.9 Å². The zero-order valence-corrected chi connectivity index (χ0v) is 15.6. The monoisotopic (exact) mass is 383 g/mol. The van der Waals surface area contributed by atoms with Gasteiger partial charge in [0.25, 0.3) is 0 Å². The number of nitrogens with one attached hydrogen (secondary N) is 2. The Bertz CT molecular complexity index is 771. The number of aliphatic imine (C=N–C) groups is 1. The van der Waals surface area contributed by atoms with Gasteiger partial charge in [-0.3, -0.25) is 9.67 Å². The van der Waals surface area contributed by atoms with Crippen LogP contribution >= 0.6 is 0 Å². The standard InChI is InChI=1S/C18H24F3N5O/c1-13-4-5-15(16(8-13)27-12-18(19,20)21)10-24-17(22-3)23-6-7-26-11-14(2)9-25-26/h4-5,8-9,11H,6-7,10,12H2,1-3H3,(H2,22,23,24). The molecule has 0 aliphatic rings. The van der Waals surface area contributed by atoms with Crippen LogP contribution in [-0.2, 0) is 13.1 Å². The Morgan fingerprint density at radius 1 is 1.22 bits per heavy atom. The number of halogens is 3. The molecule has 2 N–H and O–H groups in total. The van der Waals surface area contributed by atoms with Crippen molar-refractivity contribution < 1.29 is 17.9 Å². The number of hydrogen-bond donors (Lipinski definition) is 2. The van der Waals surface area contributed by atoms with Crippen LogP contribution in [0.25, 0.3) is 0 Å². The minimum absolute atomic E-state index is 0.210. The lowest BCUT2D eigenvalue weighted by Gasteiger charge is -2.16. The van der Waals surface area contributed by atoms with Crippen LogP contribution in [0.5, 0.6) is 5.75 Å². The predicted molar refractivity (Wildman–Crippen MR) is 97.9 cm³/mol. The van der Waals surface area contributed by atoms with Crippen LogP contribution in [0, 0.1) is 13.8 Å². The van der Waals surface area contributed by atoms with Gasteiger partial charge in [-0.1, -0.05) is 12.1 Å². The van der Waals surface area contributed by atoms with E-state index >= 15 is 0 Å². The molecule has 9 heteroatoms. The maximum atomic E-state index is 12.4. The highest BCUT2D eigenvalue weighted by atomic mass is 19.4. The molecule has 6 nitrogen and oxygen atoms in total. The normalized spacial score (nSPS) is 12.1. The van der Waals surface area contributed by atoms with Crippen molar-refractivity contribution >= 4 is 5.96 Å². The maximum Gasteiger partial charge on any atom is 0.422 e. The second kappa shape index (κ2) is 9.29. The van der Waals surface area contributed by atoms with Crippen LogP contribution in [0.4, 0.5) is 13.2 Å². The van der Waals surface area contributed by atoms with Crippen LogP contribution in [0.3, 0.4) is 0 Å². The van der Waals surface area contributed by atoms with Crippen molar-refractivity contribution in [2.45, 2.75) is 33.1 Å². The number of rotatable bonds is 7. The topological polar surface area (TPSA) is 63.5 Å². The Balaban J connectivity index is 1.89. The molecule has 0 atom stereocenters. The van der Waals surface area contributed by atoms with E-state index in [4.69, 9.17) is 4.74 Å². The van der Waals surface area contributed by atoms with Crippen LogP contribution in [-0.4, -0.2) is 42.1 Å². The van der Waals surface area contributed by atoms with Crippen molar-refractivity contribution in [1.82, 2.24) is 20.4 Å². The van der Waals surface area contributed by atoms with Crippen LogP contribution in [0.2, 0.25) is 0 Å². The molecule has 0 aliphatic carbocycles. The number of benzene rings is 1. The molecule has 1 aromatic heterocycles. The first-order valence-electron chi connectivity index (χ1n) is 8.49. The molecule has 2 rings (SSSR count). The molecule has 0 amide bonds. The van der Waals surface area contributed by atoms with E-state index < -0.39 is 12.8 Å². The molecule has 1 aromatic carbocycles. The molecule has 0 unspecified atom stereocenters. The smallest absolute Gasteiger partial charge is 0.422 e. The van der Waals surface area contributed by atoms with Crippen LogP contribution < -0.4 is 15.4 Å². The van der Waals surface area contributed by atoms with Gasteiger partial charge < -0.3 is 15.4 Å². The summed E-state index contributed by atoms with van der Waals surface area (Å²) in [6.45, 7) is 4.01. The van der Waals surface area contributed by atoms with Gasteiger partial charge in [0.15, 0.2) is 12.6 Å². The van der Waals surface area contributed by atoms with Crippen molar-refractivity contribution in [2.75, 3.05) is 20.2 Å². The average Bonchev–Trinajstić information content (AvgIpc) is 3.01. The van der Waals surface area contributed by atoms with Gasteiger partial charge >= 0.3 is 6.18 Å². The second-order valence-corrected chi connectivity index (χ2v) is 6.15. The van der Waals surface area contributed by atoms with Gasteiger partial charge in [-0.2, -0.15) is 18.3 Å². The molecular formula is C18H24F3N5O. The van der Waals surface area contributed by atoms with Crippen molar-refractivity contribution in [3.8, 4) is 5.75 Å². The fourth-order valence-corrected chi connectivity index (χ4v) is 2.38. The highest BCUT2D eigenvalue weighted by Gasteiger charge is 2.28. The van der Waals surface area contributed by atoms with E-state index in [-0.39, 0.29) is 12.3 Å². The Hall–Kier alpha value is -2.71. The van der Waals surface area contributed by atoms with Crippen molar-refractivity contribution in [1.29, 1.82) is 0 Å². The third kappa shape index (κ3) is 7.20. The summed E-state index contributed by atoms with van der Waals surface area (Å²) in [6, 6.07) is 5.17. The fraction of sp³-hybridized carbons (Fsp3) is 0.444. The quantitative estimate of drug-likeness (QED) is 0.570. The zero-order chi connectivity index (χ0) is 19.9. The minimum Gasteiger partial charge on any atom is -0.484 e. The van der Waals surface area contributed by atoms with E-state index in [2.05, 4.69) is 20.7 Å². The van der Waals surface area contributed by atoms with Gasteiger partial charge in [-0.25, -0.2) is 0 Å². The number of hydrogen-bond acceptors (Lipinski definition) is 3. The fourth-order valence-electron chi connectivity index (χ4n) is 2.38. The molecular weight excluding hydrogens is 359 g/mol. The zero-order valence-electron chi connectivity index (χ0n) is 15.6. The summed E-state index contributed by atoms with van der Waals surface area (Å²) in [6.07, 6.45) is -0.654. The lowest BCUT2D eigenvalue weighted by atomic mass is 10.1. The summed E-state index contributed by atoms with van der Waals surface area (Å²) in [4.78, 5) is 4.12. The minimum atomic E-state index is -4.38. The van der Waals surface area contributed by atoms with Gasteiger partial charge in [0, 0.05) is 31.9 Å². The van der Waals surface area contributed by atoms with Crippen LogP contribution in [0.1, 0.15) is 16.7 Å². The lowest BCUT2D eigenvalue weighted by Crippen LogP contribution is -2.38. The average molecular weight is 383 g/mol. The van der Waals surface area contributed by atoms with Gasteiger partial charge in [0.1, 0.15) is 5.75 Å². The summed E-state index contributed by atoms with van der Waals surface area (Å²) in [5, 5.41) is 10.4. The van der Waals surface area contributed by atoms with Gasteiger partial charge in [0.2, 0.25) is 0 Å². The predicted octanol–water partition coefficient (Wildman–Crippen LogP) is 2.81. The largest absolute Gasteiger partial charge is 0.484 e. The molecule has 0 saturated carbocycles. The number of aromatic nitrogens is 2. The molecule has 0 aliphatic heterocycles. The molecule has 2 aromatic rings. The summed E-state index contributed by atoms with van der Waals surface area (Å²) >= 11 is 0. The first-order chi connectivity index (χ1) is 12.8. The Morgan fingerprint density at radius 2 is 2.00 bits per heavy atom. The Labute approximate surface area is 156 Å². The lowest BCUT2D eigenvalue weighted by molar-refractivity contribution is -0.153.